The topological polar surface area (TPSA) is 111 Å². The largest absolute Gasteiger partial charge is 0.481 e. The monoisotopic (exact) mass is 277 g/mol. The molecule has 0 fully saturated rings. The number of aliphatic hydroxyl groups is 1. The van der Waals surface area contributed by atoms with E-state index >= 15 is 0 Å². The predicted octanol–water partition coefficient (Wildman–Crippen LogP) is -0.382. The Morgan fingerprint density at radius 2 is 1.83 bits per heavy atom. The van der Waals surface area contributed by atoms with Crippen LogP contribution in [-0.2, 0) is 10.0 Å². The summed E-state index contributed by atoms with van der Waals surface area (Å²) in [6.07, 6.45) is 0.135. The molecule has 0 unspecified atom stereocenters. The minimum absolute atomic E-state index is 0.135. The molecule has 0 saturated heterocycles. The first-order valence-corrected chi connectivity index (χ1v) is 6.74. The number of hydrogen-bond acceptors (Lipinski definition) is 7. The number of aromatic nitrogens is 2. The first kappa shape index (κ1) is 14.5. The zero-order chi connectivity index (χ0) is 13.6. The molecule has 1 aromatic heterocycles. The van der Waals surface area contributed by atoms with Gasteiger partial charge in [-0.1, -0.05) is 0 Å². The SMILES string of the molecule is COc1cc(OC)nc(NS(=O)(=O)CCCO)n1. The smallest absolute Gasteiger partial charge is 0.243 e. The van der Waals surface area contributed by atoms with Gasteiger partial charge in [0.15, 0.2) is 0 Å². The van der Waals surface area contributed by atoms with Gasteiger partial charge in [-0.15, -0.1) is 0 Å². The van der Waals surface area contributed by atoms with Crippen molar-refractivity contribution in [3.8, 4) is 11.8 Å². The molecule has 0 aliphatic heterocycles. The van der Waals surface area contributed by atoms with Crippen LogP contribution in [0.1, 0.15) is 6.42 Å². The van der Waals surface area contributed by atoms with E-state index < -0.39 is 10.0 Å². The first-order chi connectivity index (χ1) is 8.50. The highest BCUT2D eigenvalue weighted by molar-refractivity contribution is 7.92. The van der Waals surface area contributed by atoms with Gasteiger partial charge in [-0.3, -0.25) is 4.72 Å². The van der Waals surface area contributed by atoms with Gasteiger partial charge in [0.25, 0.3) is 0 Å². The van der Waals surface area contributed by atoms with Crippen molar-refractivity contribution in [2.45, 2.75) is 6.42 Å². The van der Waals surface area contributed by atoms with Crippen LogP contribution in [0.3, 0.4) is 0 Å². The van der Waals surface area contributed by atoms with E-state index in [2.05, 4.69) is 14.7 Å². The quantitative estimate of drug-likeness (QED) is 0.698. The van der Waals surface area contributed by atoms with Crippen molar-refractivity contribution in [3.05, 3.63) is 6.07 Å². The van der Waals surface area contributed by atoms with Gasteiger partial charge in [-0.25, -0.2) is 8.42 Å². The second-order valence-electron chi connectivity index (χ2n) is 3.27. The summed E-state index contributed by atoms with van der Waals surface area (Å²) in [6, 6.07) is 1.42. The Morgan fingerprint density at radius 1 is 1.28 bits per heavy atom. The number of anilines is 1. The third-order valence-corrected chi connectivity index (χ3v) is 3.24. The van der Waals surface area contributed by atoms with Crippen molar-refractivity contribution < 1.29 is 23.0 Å². The number of rotatable bonds is 7. The lowest BCUT2D eigenvalue weighted by Crippen LogP contribution is -2.19. The highest BCUT2D eigenvalue weighted by Crippen LogP contribution is 2.18. The van der Waals surface area contributed by atoms with Crippen molar-refractivity contribution >= 4 is 16.0 Å². The summed E-state index contributed by atoms with van der Waals surface area (Å²) < 4.78 is 35.1. The summed E-state index contributed by atoms with van der Waals surface area (Å²) in [5, 5.41) is 8.60. The predicted molar refractivity (Wildman–Crippen MR) is 64.2 cm³/mol. The number of ether oxygens (including phenoxy) is 2. The van der Waals surface area contributed by atoms with Crippen LogP contribution in [0.5, 0.6) is 11.8 Å². The molecule has 1 aromatic rings. The lowest BCUT2D eigenvalue weighted by Gasteiger charge is -2.08. The molecular weight excluding hydrogens is 262 g/mol. The summed E-state index contributed by atoms with van der Waals surface area (Å²) >= 11 is 0. The normalized spacial score (nSPS) is 11.1. The molecule has 8 nitrogen and oxygen atoms in total. The van der Waals surface area contributed by atoms with Crippen molar-refractivity contribution in [2.75, 3.05) is 31.3 Å². The summed E-state index contributed by atoms with van der Waals surface area (Å²) in [6.45, 7) is -0.205. The van der Waals surface area contributed by atoms with Crippen molar-refractivity contribution in [3.63, 3.8) is 0 Å². The minimum Gasteiger partial charge on any atom is -0.481 e. The number of nitrogens with one attached hydrogen (secondary N) is 1. The fourth-order valence-electron chi connectivity index (χ4n) is 1.10. The molecule has 0 radical (unpaired) electrons. The Labute approximate surface area is 105 Å². The van der Waals surface area contributed by atoms with Gasteiger partial charge < -0.3 is 14.6 Å². The van der Waals surface area contributed by atoms with E-state index in [9.17, 15) is 8.42 Å². The van der Waals surface area contributed by atoms with Gasteiger partial charge in [0, 0.05) is 6.61 Å². The first-order valence-electron chi connectivity index (χ1n) is 5.09. The Balaban J connectivity index is 2.89. The van der Waals surface area contributed by atoms with Crippen molar-refractivity contribution in [1.82, 2.24) is 9.97 Å². The fraction of sp³-hybridized carbons (Fsp3) is 0.556. The average Bonchev–Trinajstić information content (AvgIpc) is 2.35. The maximum Gasteiger partial charge on any atom is 0.243 e. The molecule has 0 amide bonds. The number of hydrogen-bond donors (Lipinski definition) is 2. The molecule has 0 spiro atoms. The summed E-state index contributed by atoms with van der Waals surface area (Å²) in [7, 11) is -0.804. The van der Waals surface area contributed by atoms with E-state index in [0.29, 0.717) is 0 Å². The number of nitrogens with zero attached hydrogens (tertiary/aromatic N) is 2. The fourth-order valence-corrected chi connectivity index (χ4v) is 2.08. The second kappa shape index (κ2) is 6.36. The molecule has 0 atom stereocenters. The van der Waals surface area contributed by atoms with Gasteiger partial charge in [0.1, 0.15) is 0 Å². The Bertz CT molecular complexity index is 469. The number of aliphatic hydroxyl groups excluding tert-OH is 1. The van der Waals surface area contributed by atoms with Gasteiger partial charge in [0.2, 0.25) is 27.7 Å². The van der Waals surface area contributed by atoms with E-state index in [1.54, 1.807) is 0 Å². The van der Waals surface area contributed by atoms with Crippen LogP contribution in [0.2, 0.25) is 0 Å². The molecule has 102 valence electrons. The van der Waals surface area contributed by atoms with Crippen molar-refractivity contribution in [2.24, 2.45) is 0 Å². The maximum absolute atomic E-state index is 11.6. The molecule has 0 aliphatic rings. The number of sulfonamides is 1. The highest BCUT2D eigenvalue weighted by atomic mass is 32.2. The van der Waals surface area contributed by atoms with Crippen LogP contribution in [0.15, 0.2) is 6.07 Å². The standard InChI is InChI=1S/C9H15N3O5S/c1-16-7-6-8(17-2)11-9(10-7)12-18(14,15)5-3-4-13/h6,13H,3-5H2,1-2H3,(H,10,11,12). The molecule has 1 rings (SSSR count). The zero-order valence-corrected chi connectivity index (χ0v) is 10.9. The third kappa shape index (κ3) is 4.34. The van der Waals surface area contributed by atoms with Crippen LogP contribution in [0.25, 0.3) is 0 Å². The molecule has 0 bridgehead atoms. The van der Waals surface area contributed by atoms with E-state index in [1.807, 2.05) is 0 Å². The van der Waals surface area contributed by atoms with E-state index in [1.165, 1.54) is 20.3 Å². The molecule has 1 heterocycles. The minimum atomic E-state index is -3.59. The summed E-state index contributed by atoms with van der Waals surface area (Å²) in [5.74, 6) is 0.0133. The van der Waals surface area contributed by atoms with Crippen LogP contribution in [0, 0.1) is 0 Å². The average molecular weight is 277 g/mol. The second-order valence-corrected chi connectivity index (χ2v) is 5.12. The zero-order valence-electron chi connectivity index (χ0n) is 10.1. The molecule has 2 N–H and O–H groups in total. The van der Waals surface area contributed by atoms with E-state index in [-0.39, 0.29) is 36.5 Å². The molecular formula is C9H15N3O5S. The molecule has 18 heavy (non-hydrogen) atoms. The Morgan fingerprint density at radius 3 is 2.28 bits per heavy atom. The van der Waals surface area contributed by atoms with E-state index in [0.717, 1.165) is 0 Å². The van der Waals surface area contributed by atoms with E-state index in [4.69, 9.17) is 14.6 Å². The molecule has 0 saturated carbocycles. The van der Waals surface area contributed by atoms with Crippen LogP contribution >= 0.6 is 0 Å². The van der Waals surface area contributed by atoms with Crippen LogP contribution < -0.4 is 14.2 Å². The van der Waals surface area contributed by atoms with Gasteiger partial charge in [-0.2, -0.15) is 9.97 Å². The molecule has 0 aliphatic carbocycles. The number of methoxy groups -OCH3 is 2. The van der Waals surface area contributed by atoms with Crippen LogP contribution in [0.4, 0.5) is 5.95 Å². The summed E-state index contributed by atoms with van der Waals surface area (Å²) in [4.78, 5) is 7.65. The third-order valence-electron chi connectivity index (χ3n) is 1.92. The maximum atomic E-state index is 11.6. The molecule has 0 aromatic carbocycles. The Hall–Kier alpha value is -1.61. The summed E-state index contributed by atoms with van der Waals surface area (Å²) in [5.41, 5.74) is 0. The lowest BCUT2D eigenvalue weighted by molar-refractivity contribution is 0.295. The van der Waals surface area contributed by atoms with Crippen molar-refractivity contribution in [1.29, 1.82) is 0 Å². The van der Waals surface area contributed by atoms with Crippen LogP contribution in [-0.4, -0.2) is 50.1 Å². The highest BCUT2D eigenvalue weighted by Gasteiger charge is 2.13. The molecule has 9 heteroatoms. The van der Waals surface area contributed by atoms with Gasteiger partial charge in [-0.05, 0) is 6.42 Å². The van der Waals surface area contributed by atoms with Gasteiger partial charge in [0.05, 0.1) is 26.0 Å². The lowest BCUT2D eigenvalue weighted by atomic mass is 10.5. The van der Waals surface area contributed by atoms with Gasteiger partial charge >= 0.3 is 0 Å². The Kier molecular flexibility index (Phi) is 5.10.